The monoisotopic (exact) mass is 283 g/mol. The molecule has 110 valence electrons. The number of benzene rings is 2. The van der Waals surface area contributed by atoms with Crippen LogP contribution >= 0.6 is 0 Å². The third-order valence-corrected chi connectivity index (χ3v) is 3.56. The fraction of sp³-hybridized carbons (Fsp3) is 0.278. The van der Waals surface area contributed by atoms with Gasteiger partial charge >= 0.3 is 5.97 Å². The summed E-state index contributed by atoms with van der Waals surface area (Å²) in [5.74, 6) is -0.260. The largest absolute Gasteiger partial charge is 0.464 e. The minimum atomic E-state index is -0.494. The second-order valence-electron chi connectivity index (χ2n) is 4.99. The molecule has 0 bridgehead atoms. The molecule has 0 aliphatic carbocycles. The summed E-state index contributed by atoms with van der Waals surface area (Å²) < 4.78 is 5.20. The van der Waals surface area contributed by atoms with E-state index in [4.69, 9.17) is 4.74 Å². The van der Waals surface area contributed by atoms with Crippen LogP contribution < -0.4 is 5.32 Å². The van der Waals surface area contributed by atoms with Crippen LogP contribution in [0.15, 0.2) is 48.5 Å². The molecule has 2 aromatic carbocycles. The van der Waals surface area contributed by atoms with Crippen LogP contribution in [0.3, 0.4) is 0 Å². The molecule has 0 fully saturated rings. The first kappa shape index (κ1) is 15.1. The standard InChI is InChI=1S/C18H21NO2/c1-4-21-18(20)17(15-10-6-5-7-11-15)19-16-12-8-9-13(2)14(16)3/h5-12,17,19H,4H2,1-3H3. The molecule has 1 unspecified atom stereocenters. The molecule has 3 nitrogen and oxygen atoms in total. The molecule has 2 rings (SSSR count). The Morgan fingerprint density at radius 3 is 2.48 bits per heavy atom. The Morgan fingerprint density at radius 2 is 1.81 bits per heavy atom. The van der Waals surface area contributed by atoms with Gasteiger partial charge in [-0.25, -0.2) is 4.79 Å². The van der Waals surface area contributed by atoms with Gasteiger partial charge in [0.2, 0.25) is 0 Å². The lowest BCUT2D eigenvalue weighted by Gasteiger charge is -2.20. The Morgan fingerprint density at radius 1 is 1.10 bits per heavy atom. The number of carbonyl (C=O) groups is 1. The normalized spacial score (nSPS) is 11.8. The molecular formula is C18H21NO2. The molecule has 21 heavy (non-hydrogen) atoms. The van der Waals surface area contributed by atoms with Crippen molar-refractivity contribution in [3.8, 4) is 0 Å². The quantitative estimate of drug-likeness (QED) is 0.842. The summed E-state index contributed by atoms with van der Waals surface area (Å²) in [7, 11) is 0. The molecule has 0 saturated carbocycles. The third kappa shape index (κ3) is 3.63. The van der Waals surface area contributed by atoms with Crippen molar-refractivity contribution in [2.24, 2.45) is 0 Å². The molecule has 3 heteroatoms. The Kier molecular flexibility index (Phi) is 4.99. The molecule has 0 amide bonds. The summed E-state index contributed by atoms with van der Waals surface area (Å²) in [6.45, 7) is 6.29. The van der Waals surface area contributed by atoms with Crippen molar-refractivity contribution in [3.05, 3.63) is 65.2 Å². The van der Waals surface area contributed by atoms with Crippen molar-refractivity contribution in [1.82, 2.24) is 0 Å². The number of nitrogens with one attached hydrogen (secondary N) is 1. The molecule has 0 aliphatic heterocycles. The number of hydrogen-bond donors (Lipinski definition) is 1. The lowest BCUT2D eigenvalue weighted by Crippen LogP contribution is -2.23. The number of hydrogen-bond acceptors (Lipinski definition) is 3. The lowest BCUT2D eigenvalue weighted by atomic mass is 10.0. The second kappa shape index (κ2) is 6.93. The molecule has 1 N–H and O–H groups in total. The zero-order valence-corrected chi connectivity index (χ0v) is 12.7. The maximum absolute atomic E-state index is 12.3. The fourth-order valence-corrected chi connectivity index (χ4v) is 2.21. The van der Waals surface area contributed by atoms with Crippen LogP contribution in [0, 0.1) is 13.8 Å². The van der Waals surface area contributed by atoms with E-state index in [1.807, 2.05) is 56.3 Å². The number of rotatable bonds is 5. The molecular weight excluding hydrogens is 262 g/mol. The number of carbonyl (C=O) groups excluding carboxylic acids is 1. The third-order valence-electron chi connectivity index (χ3n) is 3.56. The van der Waals surface area contributed by atoms with Gasteiger partial charge in [0.25, 0.3) is 0 Å². The van der Waals surface area contributed by atoms with Crippen molar-refractivity contribution in [2.45, 2.75) is 26.8 Å². The van der Waals surface area contributed by atoms with Crippen LogP contribution in [0.5, 0.6) is 0 Å². The average molecular weight is 283 g/mol. The topological polar surface area (TPSA) is 38.3 Å². The van der Waals surface area contributed by atoms with E-state index >= 15 is 0 Å². The molecule has 0 aromatic heterocycles. The SMILES string of the molecule is CCOC(=O)C(Nc1cccc(C)c1C)c1ccccc1. The predicted octanol–water partition coefficient (Wildman–Crippen LogP) is 4.02. The van der Waals surface area contributed by atoms with E-state index in [1.165, 1.54) is 5.56 Å². The first-order valence-electron chi connectivity index (χ1n) is 7.17. The van der Waals surface area contributed by atoms with Crippen molar-refractivity contribution in [2.75, 3.05) is 11.9 Å². The van der Waals surface area contributed by atoms with Crippen LogP contribution in [-0.4, -0.2) is 12.6 Å². The number of ether oxygens (including phenoxy) is 1. The maximum atomic E-state index is 12.3. The first-order valence-corrected chi connectivity index (χ1v) is 7.17. The van der Waals surface area contributed by atoms with Crippen molar-refractivity contribution in [3.63, 3.8) is 0 Å². The minimum Gasteiger partial charge on any atom is -0.464 e. The number of anilines is 1. The summed E-state index contributed by atoms with van der Waals surface area (Å²) in [5, 5.41) is 3.31. The van der Waals surface area contributed by atoms with Crippen LogP contribution in [0.1, 0.15) is 29.7 Å². The molecule has 0 aliphatic rings. The first-order chi connectivity index (χ1) is 10.1. The van der Waals surface area contributed by atoms with Gasteiger partial charge in [0.05, 0.1) is 6.61 Å². The van der Waals surface area contributed by atoms with Crippen molar-refractivity contribution in [1.29, 1.82) is 0 Å². The van der Waals surface area contributed by atoms with Crippen LogP contribution in [0.25, 0.3) is 0 Å². The van der Waals surface area contributed by atoms with Gasteiger partial charge in [-0.3, -0.25) is 0 Å². The highest BCUT2D eigenvalue weighted by Gasteiger charge is 2.22. The average Bonchev–Trinajstić information content (AvgIpc) is 2.50. The van der Waals surface area contributed by atoms with Gasteiger partial charge in [-0.1, -0.05) is 42.5 Å². The molecule has 0 saturated heterocycles. The summed E-state index contributed by atoms with van der Waals surface area (Å²) in [4.78, 5) is 12.3. The van der Waals surface area contributed by atoms with Crippen LogP contribution in [-0.2, 0) is 9.53 Å². The Balaban J connectivity index is 2.32. The smallest absolute Gasteiger partial charge is 0.333 e. The second-order valence-corrected chi connectivity index (χ2v) is 4.99. The van der Waals surface area contributed by atoms with Crippen LogP contribution in [0.2, 0.25) is 0 Å². The summed E-state index contributed by atoms with van der Waals surface area (Å²) >= 11 is 0. The highest BCUT2D eigenvalue weighted by Crippen LogP contribution is 2.25. The Bertz CT molecular complexity index is 608. The van der Waals surface area contributed by atoms with E-state index in [-0.39, 0.29) is 5.97 Å². The van der Waals surface area contributed by atoms with Crippen molar-refractivity contribution < 1.29 is 9.53 Å². The van der Waals surface area contributed by atoms with Gasteiger partial charge in [0.15, 0.2) is 6.04 Å². The highest BCUT2D eigenvalue weighted by atomic mass is 16.5. The van der Waals surface area contributed by atoms with Gasteiger partial charge in [0.1, 0.15) is 0 Å². The van der Waals surface area contributed by atoms with Crippen molar-refractivity contribution >= 4 is 11.7 Å². The summed E-state index contributed by atoms with van der Waals surface area (Å²) in [6.07, 6.45) is 0. The van der Waals surface area contributed by atoms with Gasteiger partial charge in [-0.05, 0) is 43.5 Å². The Hall–Kier alpha value is -2.29. The molecule has 1 atom stereocenters. The predicted molar refractivity (Wildman–Crippen MR) is 85.4 cm³/mol. The van der Waals surface area contributed by atoms with Gasteiger partial charge < -0.3 is 10.1 Å². The number of aryl methyl sites for hydroxylation is 1. The summed E-state index contributed by atoms with van der Waals surface area (Å²) in [6, 6.07) is 15.2. The fourth-order valence-electron chi connectivity index (χ4n) is 2.21. The Labute approximate surface area is 126 Å². The van der Waals surface area contributed by atoms with E-state index in [0.29, 0.717) is 6.61 Å². The summed E-state index contributed by atoms with van der Waals surface area (Å²) in [5.41, 5.74) is 4.19. The lowest BCUT2D eigenvalue weighted by molar-refractivity contribution is -0.144. The minimum absolute atomic E-state index is 0.260. The molecule has 2 aromatic rings. The molecule has 0 heterocycles. The number of esters is 1. The van der Waals surface area contributed by atoms with Gasteiger partial charge in [-0.2, -0.15) is 0 Å². The highest BCUT2D eigenvalue weighted by molar-refractivity contribution is 5.81. The zero-order chi connectivity index (χ0) is 15.2. The van der Waals surface area contributed by atoms with Crippen LogP contribution in [0.4, 0.5) is 5.69 Å². The van der Waals surface area contributed by atoms with E-state index < -0.39 is 6.04 Å². The molecule has 0 radical (unpaired) electrons. The van der Waals surface area contributed by atoms with E-state index in [9.17, 15) is 4.79 Å². The van der Waals surface area contributed by atoms with E-state index in [2.05, 4.69) is 18.3 Å². The van der Waals surface area contributed by atoms with E-state index in [1.54, 1.807) is 0 Å². The maximum Gasteiger partial charge on any atom is 0.333 e. The van der Waals surface area contributed by atoms with Gasteiger partial charge in [0, 0.05) is 5.69 Å². The van der Waals surface area contributed by atoms with E-state index in [0.717, 1.165) is 16.8 Å². The van der Waals surface area contributed by atoms with Gasteiger partial charge in [-0.15, -0.1) is 0 Å². The molecule has 0 spiro atoms. The zero-order valence-electron chi connectivity index (χ0n) is 12.7.